The lowest BCUT2D eigenvalue weighted by Crippen LogP contribution is -2.16. The molecule has 8 nitrogen and oxygen atoms in total. The molecule has 0 radical (unpaired) electrons. The van der Waals surface area contributed by atoms with Crippen LogP contribution in [0.3, 0.4) is 0 Å². The van der Waals surface area contributed by atoms with Gasteiger partial charge in [-0.2, -0.15) is 4.52 Å². The summed E-state index contributed by atoms with van der Waals surface area (Å²) in [5.41, 5.74) is 0.565. The molecule has 0 saturated heterocycles. The second-order valence-electron chi connectivity index (χ2n) is 4.50. The number of benzene rings is 1. The van der Waals surface area contributed by atoms with E-state index < -0.39 is 0 Å². The van der Waals surface area contributed by atoms with E-state index in [1.807, 2.05) is 0 Å². The molecule has 0 unspecified atom stereocenters. The number of carbonyl (C=O) groups excluding carboxylic acids is 1. The van der Waals surface area contributed by atoms with Crippen LogP contribution in [-0.2, 0) is 0 Å². The number of rotatable bonds is 4. The van der Waals surface area contributed by atoms with Gasteiger partial charge in [-0.1, -0.05) is 16.9 Å². The molecule has 0 aliphatic carbocycles. The van der Waals surface area contributed by atoms with Gasteiger partial charge in [0.25, 0.3) is 5.22 Å². The summed E-state index contributed by atoms with van der Waals surface area (Å²) in [6, 6.07) is 5.17. The highest BCUT2D eigenvalue weighted by Crippen LogP contribution is 2.31. The van der Waals surface area contributed by atoms with E-state index >= 15 is 0 Å². The van der Waals surface area contributed by atoms with Crippen molar-refractivity contribution in [3.8, 4) is 11.5 Å². The average Bonchev–Trinajstić information content (AvgIpc) is 3.13. The van der Waals surface area contributed by atoms with Gasteiger partial charge in [-0.25, -0.2) is 0 Å². The van der Waals surface area contributed by atoms with Crippen LogP contribution in [0.2, 0.25) is 0 Å². The molecule has 0 bridgehead atoms. The van der Waals surface area contributed by atoms with Crippen molar-refractivity contribution >= 4 is 23.4 Å². The lowest BCUT2D eigenvalue weighted by Gasteiger charge is -2.18. The molecule has 0 atom stereocenters. The van der Waals surface area contributed by atoms with Gasteiger partial charge >= 0.3 is 5.84 Å². The highest BCUT2D eigenvalue weighted by atomic mass is 32.2. The van der Waals surface area contributed by atoms with E-state index in [-0.39, 0.29) is 11.5 Å². The Balaban J connectivity index is 1.46. The second kappa shape index (κ2) is 5.34. The van der Waals surface area contributed by atoms with Crippen LogP contribution in [0.4, 0.5) is 0 Å². The standard InChI is InChI=1S/C13H10N4O4S/c18-9(6-22-13-16-17-7-14-15-12(17)21-13)8-1-2-10-11(5-8)20-4-3-19-10/h1-2,5,7H,3-4,6H2. The van der Waals surface area contributed by atoms with Crippen molar-refractivity contribution in [3.63, 3.8) is 0 Å². The highest BCUT2D eigenvalue weighted by Gasteiger charge is 2.16. The molecule has 0 saturated carbocycles. The molecule has 2 aromatic heterocycles. The van der Waals surface area contributed by atoms with Gasteiger partial charge in [0.05, 0.1) is 5.75 Å². The van der Waals surface area contributed by atoms with Crippen LogP contribution in [0.15, 0.2) is 34.2 Å². The van der Waals surface area contributed by atoms with Gasteiger partial charge in [-0.05, 0) is 18.2 Å². The number of thioether (sulfide) groups is 1. The number of nitrogens with zero attached hydrogens (tertiary/aromatic N) is 4. The van der Waals surface area contributed by atoms with Crippen molar-refractivity contribution in [1.29, 1.82) is 0 Å². The Bertz CT molecular complexity index is 815. The lowest BCUT2D eigenvalue weighted by atomic mass is 10.1. The minimum absolute atomic E-state index is 0.0454. The zero-order valence-electron chi connectivity index (χ0n) is 11.3. The van der Waals surface area contributed by atoms with Crippen LogP contribution in [0.5, 0.6) is 11.5 Å². The van der Waals surface area contributed by atoms with E-state index in [4.69, 9.17) is 13.9 Å². The summed E-state index contributed by atoms with van der Waals surface area (Å²) in [5.74, 6) is 1.72. The summed E-state index contributed by atoms with van der Waals surface area (Å²) >= 11 is 1.20. The van der Waals surface area contributed by atoms with Gasteiger partial charge in [0.2, 0.25) is 0 Å². The minimum atomic E-state index is -0.0454. The zero-order valence-corrected chi connectivity index (χ0v) is 12.1. The Morgan fingerprint density at radius 1 is 1.27 bits per heavy atom. The van der Waals surface area contributed by atoms with Crippen molar-refractivity contribution in [2.75, 3.05) is 19.0 Å². The van der Waals surface area contributed by atoms with Crippen LogP contribution in [0.1, 0.15) is 10.4 Å². The maximum absolute atomic E-state index is 12.2. The molecule has 9 heteroatoms. The Morgan fingerprint density at radius 3 is 3.00 bits per heavy atom. The molecule has 1 aliphatic rings. The molecule has 1 aliphatic heterocycles. The van der Waals surface area contributed by atoms with Gasteiger partial charge in [-0.15, -0.1) is 10.2 Å². The van der Waals surface area contributed by atoms with Gasteiger partial charge in [-0.3, -0.25) is 4.79 Å². The topological polar surface area (TPSA) is 91.8 Å². The molecular weight excluding hydrogens is 308 g/mol. The van der Waals surface area contributed by atoms with Gasteiger partial charge in [0.1, 0.15) is 19.5 Å². The van der Waals surface area contributed by atoms with Crippen molar-refractivity contribution < 1.29 is 18.7 Å². The third-order valence-corrected chi connectivity index (χ3v) is 3.88. The smallest absolute Gasteiger partial charge is 0.345 e. The quantitative estimate of drug-likeness (QED) is 0.527. The molecule has 0 N–H and O–H groups in total. The van der Waals surface area contributed by atoms with E-state index in [9.17, 15) is 4.79 Å². The number of ketones is 1. The Labute approximate surface area is 128 Å². The number of aromatic nitrogens is 4. The number of ether oxygens (including phenoxy) is 2. The van der Waals surface area contributed by atoms with E-state index in [2.05, 4.69) is 15.3 Å². The Hall–Kier alpha value is -2.55. The SMILES string of the molecule is O=C(CSc1nn2cnnc2o1)c1ccc2c(c1)OCCO2. The Morgan fingerprint density at radius 2 is 2.14 bits per heavy atom. The van der Waals surface area contributed by atoms with Crippen molar-refractivity contribution in [2.24, 2.45) is 0 Å². The fourth-order valence-corrected chi connectivity index (χ4v) is 2.73. The lowest BCUT2D eigenvalue weighted by molar-refractivity contribution is 0.102. The molecule has 1 aromatic carbocycles. The molecule has 0 fully saturated rings. The van der Waals surface area contributed by atoms with Crippen LogP contribution in [-0.4, -0.2) is 44.6 Å². The molecule has 3 aromatic rings. The number of Topliss-reactive ketones (excluding diaryl/α,β-unsaturated/α-hetero) is 1. The van der Waals surface area contributed by atoms with Crippen LogP contribution < -0.4 is 9.47 Å². The van der Waals surface area contributed by atoms with Crippen LogP contribution >= 0.6 is 11.8 Å². The molecule has 0 spiro atoms. The first-order valence-corrected chi connectivity index (χ1v) is 7.51. The van der Waals surface area contributed by atoms with Crippen LogP contribution in [0, 0.1) is 0 Å². The van der Waals surface area contributed by atoms with E-state index in [0.717, 1.165) is 0 Å². The minimum Gasteiger partial charge on any atom is -0.486 e. The number of fused-ring (bicyclic) bond motifs is 2. The number of hydrogen-bond acceptors (Lipinski definition) is 8. The summed E-state index contributed by atoms with van der Waals surface area (Å²) in [4.78, 5) is 12.2. The van der Waals surface area contributed by atoms with Gasteiger partial charge < -0.3 is 13.9 Å². The molecular formula is C13H10N4O4S. The fraction of sp³-hybridized carbons (Fsp3) is 0.231. The highest BCUT2D eigenvalue weighted by molar-refractivity contribution is 7.99. The summed E-state index contributed by atoms with van der Waals surface area (Å²) in [5, 5.41) is 11.8. The third kappa shape index (κ3) is 2.39. The first-order chi connectivity index (χ1) is 10.8. The van der Waals surface area contributed by atoms with E-state index in [0.29, 0.717) is 41.3 Å². The molecule has 112 valence electrons. The summed E-state index contributed by atoms with van der Waals surface area (Å²) in [7, 11) is 0. The van der Waals surface area contributed by atoms with Crippen molar-refractivity contribution in [1.82, 2.24) is 19.8 Å². The third-order valence-electron chi connectivity index (χ3n) is 3.06. The predicted molar refractivity (Wildman–Crippen MR) is 75.5 cm³/mol. The normalized spacial score (nSPS) is 13.5. The molecule has 0 amide bonds. The van der Waals surface area contributed by atoms with Gasteiger partial charge in [0.15, 0.2) is 17.3 Å². The predicted octanol–water partition coefficient (Wildman–Crippen LogP) is 1.46. The largest absolute Gasteiger partial charge is 0.486 e. The molecule has 3 heterocycles. The second-order valence-corrected chi connectivity index (χ2v) is 5.42. The number of carbonyl (C=O) groups is 1. The van der Waals surface area contributed by atoms with Crippen molar-refractivity contribution in [2.45, 2.75) is 5.22 Å². The van der Waals surface area contributed by atoms with Gasteiger partial charge in [0, 0.05) is 5.56 Å². The van der Waals surface area contributed by atoms with Crippen LogP contribution in [0.25, 0.3) is 5.84 Å². The van der Waals surface area contributed by atoms with E-state index in [1.165, 1.54) is 22.6 Å². The maximum Gasteiger partial charge on any atom is 0.345 e. The fourth-order valence-electron chi connectivity index (χ4n) is 2.03. The first-order valence-electron chi connectivity index (χ1n) is 6.52. The summed E-state index contributed by atoms with van der Waals surface area (Å²) < 4.78 is 17.6. The summed E-state index contributed by atoms with van der Waals surface area (Å²) in [6.07, 6.45) is 1.44. The number of hydrogen-bond donors (Lipinski definition) is 0. The molecule has 22 heavy (non-hydrogen) atoms. The summed E-state index contributed by atoms with van der Waals surface area (Å²) in [6.45, 7) is 1.01. The zero-order chi connectivity index (χ0) is 14.9. The average molecular weight is 318 g/mol. The molecule has 4 rings (SSSR count). The monoisotopic (exact) mass is 318 g/mol. The first kappa shape index (κ1) is 13.1. The Kier molecular flexibility index (Phi) is 3.19. The van der Waals surface area contributed by atoms with Crippen molar-refractivity contribution in [3.05, 3.63) is 30.1 Å². The maximum atomic E-state index is 12.2. The van der Waals surface area contributed by atoms with E-state index in [1.54, 1.807) is 18.2 Å².